The number of hydrogen-bond acceptors (Lipinski definition) is 5. The molecule has 0 bridgehead atoms. The number of alkyl halides is 2. The summed E-state index contributed by atoms with van der Waals surface area (Å²) in [5.41, 5.74) is 0. The van der Waals surface area contributed by atoms with Crippen LogP contribution in [0, 0.1) is 0 Å². The fourth-order valence-electron chi connectivity index (χ4n) is 1.66. The maximum Gasteiger partial charge on any atom is 0.501 e. The summed E-state index contributed by atoms with van der Waals surface area (Å²) >= 11 is 6.60. The molecule has 0 rings (SSSR count). The average Bonchev–Trinajstić information content (AvgIpc) is 2.44. The summed E-state index contributed by atoms with van der Waals surface area (Å²) in [4.78, 5) is 11.8. The highest BCUT2D eigenvalue weighted by Gasteiger charge is 2.40. The van der Waals surface area contributed by atoms with Crippen LogP contribution in [0.3, 0.4) is 0 Å². The molecule has 0 heterocycles. The van der Waals surface area contributed by atoms with Gasteiger partial charge in [-0.15, -0.1) is 0 Å². The summed E-state index contributed by atoms with van der Waals surface area (Å²) < 4.78 is 21.8. The lowest BCUT2D eigenvalue weighted by atomic mass is 10.2. The van der Waals surface area contributed by atoms with Gasteiger partial charge in [-0.2, -0.15) is 0 Å². The first-order chi connectivity index (χ1) is 9.87. The van der Waals surface area contributed by atoms with Gasteiger partial charge in [0, 0.05) is 31.2 Å². The van der Waals surface area contributed by atoms with Gasteiger partial charge < -0.3 is 18.0 Å². The SMILES string of the molecule is CCO[Si](CCCOC(=O)C(C)(Br)CBr)(OCC)OCC. The zero-order valence-electron chi connectivity index (χ0n) is 13.2. The number of esters is 1. The van der Waals surface area contributed by atoms with Crippen molar-refractivity contribution in [3.63, 3.8) is 0 Å². The van der Waals surface area contributed by atoms with Crippen molar-refractivity contribution in [2.45, 2.75) is 44.5 Å². The minimum atomic E-state index is -2.63. The molecule has 0 aliphatic carbocycles. The molecule has 1 atom stereocenters. The Morgan fingerprint density at radius 1 is 1.10 bits per heavy atom. The Bertz CT molecular complexity index is 285. The Morgan fingerprint density at radius 2 is 1.57 bits per heavy atom. The van der Waals surface area contributed by atoms with Gasteiger partial charge in [0.05, 0.1) is 6.61 Å². The minimum absolute atomic E-state index is 0.282. The van der Waals surface area contributed by atoms with Crippen LogP contribution in [0.5, 0.6) is 0 Å². The van der Waals surface area contributed by atoms with E-state index in [1.165, 1.54) is 0 Å². The minimum Gasteiger partial charge on any atom is -0.465 e. The van der Waals surface area contributed by atoms with Gasteiger partial charge >= 0.3 is 14.8 Å². The summed E-state index contributed by atoms with van der Waals surface area (Å²) in [6.45, 7) is 9.52. The van der Waals surface area contributed by atoms with Gasteiger partial charge in [0.15, 0.2) is 0 Å². The topological polar surface area (TPSA) is 54.0 Å². The van der Waals surface area contributed by atoms with Crippen molar-refractivity contribution in [1.29, 1.82) is 0 Å². The van der Waals surface area contributed by atoms with Crippen molar-refractivity contribution in [2.24, 2.45) is 0 Å². The Morgan fingerprint density at radius 3 is 1.95 bits per heavy atom. The molecule has 5 nitrogen and oxygen atoms in total. The van der Waals surface area contributed by atoms with Crippen molar-refractivity contribution in [1.82, 2.24) is 0 Å². The summed E-state index contributed by atoms with van der Waals surface area (Å²) in [6, 6.07) is 0.642. The van der Waals surface area contributed by atoms with Crippen LogP contribution in [-0.2, 0) is 22.8 Å². The Labute approximate surface area is 145 Å². The fraction of sp³-hybridized carbons (Fsp3) is 0.923. The molecule has 0 saturated heterocycles. The highest BCUT2D eigenvalue weighted by Crippen LogP contribution is 2.23. The van der Waals surface area contributed by atoms with Crippen LogP contribution >= 0.6 is 31.9 Å². The molecule has 0 amide bonds. The largest absolute Gasteiger partial charge is 0.501 e. The molecule has 0 saturated carbocycles. The van der Waals surface area contributed by atoms with E-state index < -0.39 is 13.1 Å². The van der Waals surface area contributed by atoms with Crippen LogP contribution in [0.1, 0.15) is 34.1 Å². The average molecular weight is 450 g/mol. The monoisotopic (exact) mass is 448 g/mol. The van der Waals surface area contributed by atoms with Crippen molar-refractivity contribution in [2.75, 3.05) is 31.8 Å². The van der Waals surface area contributed by atoms with E-state index in [2.05, 4.69) is 31.9 Å². The fourth-order valence-corrected chi connectivity index (χ4v) is 4.58. The van der Waals surface area contributed by atoms with Crippen LogP contribution in [0.15, 0.2) is 0 Å². The van der Waals surface area contributed by atoms with Gasteiger partial charge in [0.2, 0.25) is 0 Å². The Hall–Kier alpha value is 0.527. The van der Waals surface area contributed by atoms with Gasteiger partial charge in [0.1, 0.15) is 4.32 Å². The standard InChI is InChI=1S/C13H26Br2O5Si/c1-5-18-21(19-6-2,20-7-3)10-8-9-17-12(16)13(4,15)11-14/h5-11H2,1-4H3. The summed E-state index contributed by atoms with van der Waals surface area (Å²) in [5, 5.41) is 0.494. The molecule has 0 aliphatic heterocycles. The second-order valence-corrected chi connectivity index (χ2v) is 9.60. The van der Waals surface area contributed by atoms with Crippen molar-refractivity contribution >= 4 is 46.6 Å². The van der Waals surface area contributed by atoms with Crippen molar-refractivity contribution in [3.8, 4) is 0 Å². The molecule has 0 aromatic carbocycles. The number of halogens is 2. The number of rotatable bonds is 12. The molecule has 21 heavy (non-hydrogen) atoms. The first-order valence-corrected chi connectivity index (χ1v) is 11.1. The maximum atomic E-state index is 11.8. The second-order valence-electron chi connectivity index (χ2n) is 4.55. The van der Waals surface area contributed by atoms with Crippen LogP contribution in [0.2, 0.25) is 6.04 Å². The molecular formula is C13H26Br2O5Si. The molecule has 8 heteroatoms. The van der Waals surface area contributed by atoms with Gasteiger partial charge in [-0.1, -0.05) is 31.9 Å². The predicted molar refractivity (Wildman–Crippen MR) is 92.1 cm³/mol. The van der Waals surface area contributed by atoms with E-state index in [4.69, 9.17) is 18.0 Å². The smallest absolute Gasteiger partial charge is 0.465 e. The molecule has 0 N–H and O–H groups in total. The summed E-state index contributed by atoms with van der Waals surface area (Å²) in [5.74, 6) is -0.282. The lowest BCUT2D eigenvalue weighted by molar-refractivity contribution is -0.145. The predicted octanol–water partition coefficient (Wildman–Crippen LogP) is 3.52. The van der Waals surface area contributed by atoms with E-state index in [1.807, 2.05) is 20.8 Å². The van der Waals surface area contributed by atoms with Crippen LogP contribution in [0.4, 0.5) is 0 Å². The van der Waals surface area contributed by atoms with Gasteiger partial charge in [-0.3, -0.25) is 4.79 Å². The van der Waals surface area contributed by atoms with E-state index in [0.29, 0.717) is 44.2 Å². The zero-order valence-corrected chi connectivity index (χ0v) is 17.4. The summed E-state index contributed by atoms with van der Waals surface area (Å²) in [6.07, 6.45) is 0.656. The van der Waals surface area contributed by atoms with E-state index in [-0.39, 0.29) is 5.97 Å². The maximum absolute atomic E-state index is 11.8. The third-order valence-corrected chi connectivity index (χ3v) is 8.26. The van der Waals surface area contributed by atoms with Crippen LogP contribution < -0.4 is 0 Å². The second kappa shape index (κ2) is 11.1. The van der Waals surface area contributed by atoms with E-state index in [1.54, 1.807) is 6.92 Å². The normalized spacial score (nSPS) is 14.8. The first kappa shape index (κ1) is 21.5. The Balaban J connectivity index is 4.33. The Kier molecular flexibility index (Phi) is 11.4. The highest BCUT2D eigenvalue weighted by atomic mass is 79.9. The van der Waals surface area contributed by atoms with Crippen LogP contribution in [-0.4, -0.2) is 50.9 Å². The molecule has 0 radical (unpaired) electrons. The van der Waals surface area contributed by atoms with E-state index >= 15 is 0 Å². The first-order valence-electron chi connectivity index (χ1n) is 7.21. The van der Waals surface area contributed by atoms with Gasteiger partial charge in [0.25, 0.3) is 0 Å². The lowest BCUT2D eigenvalue weighted by Gasteiger charge is -2.28. The number of carbonyl (C=O) groups excluding carboxylic acids is 1. The third kappa shape index (κ3) is 8.08. The number of ether oxygens (including phenoxy) is 1. The lowest BCUT2D eigenvalue weighted by Crippen LogP contribution is -2.46. The molecule has 0 spiro atoms. The number of carbonyl (C=O) groups is 1. The van der Waals surface area contributed by atoms with E-state index in [0.717, 1.165) is 0 Å². The highest BCUT2D eigenvalue weighted by molar-refractivity contribution is 9.12. The third-order valence-electron chi connectivity index (χ3n) is 2.63. The summed E-state index contributed by atoms with van der Waals surface area (Å²) in [7, 11) is -2.63. The quantitative estimate of drug-likeness (QED) is 0.197. The molecule has 0 aromatic heterocycles. The van der Waals surface area contributed by atoms with Gasteiger partial charge in [-0.25, -0.2) is 0 Å². The molecule has 0 fully saturated rings. The molecule has 126 valence electrons. The molecule has 0 aliphatic rings. The molecular weight excluding hydrogens is 424 g/mol. The zero-order chi connectivity index (χ0) is 16.4. The van der Waals surface area contributed by atoms with E-state index in [9.17, 15) is 4.79 Å². The van der Waals surface area contributed by atoms with Crippen molar-refractivity contribution in [3.05, 3.63) is 0 Å². The van der Waals surface area contributed by atoms with Gasteiger partial charge in [-0.05, 0) is 34.1 Å². The molecule has 0 aromatic rings. The number of hydrogen-bond donors (Lipinski definition) is 0. The molecule has 1 unspecified atom stereocenters. The van der Waals surface area contributed by atoms with Crippen molar-refractivity contribution < 1.29 is 22.8 Å². The van der Waals surface area contributed by atoms with Crippen LogP contribution in [0.25, 0.3) is 0 Å².